The quantitative estimate of drug-likeness (QED) is 0.450. The van der Waals surface area contributed by atoms with Crippen LogP contribution in [0.15, 0.2) is 24.3 Å². The predicted molar refractivity (Wildman–Crippen MR) is 67.6 cm³/mol. The molecular weight excluding hydrogens is 277 g/mol. The summed E-state index contributed by atoms with van der Waals surface area (Å²) in [6.07, 6.45) is -2.14. The van der Waals surface area contributed by atoms with Gasteiger partial charge in [0.25, 0.3) is 0 Å². The minimum absolute atomic E-state index is 0.101. The predicted octanol–water partition coefficient (Wildman–Crippen LogP) is 0.441. The first-order valence-electron chi connectivity index (χ1n) is 5.49. The maximum Gasteiger partial charge on any atom is 0.410 e. The minimum atomic E-state index is -1.50. The number of carbonyl (C=O) groups is 1. The first-order chi connectivity index (χ1) is 9.02. The lowest BCUT2D eigenvalue weighted by Crippen LogP contribution is -2.43. The number of rotatable bonds is 6. The number of benzene rings is 1. The molecule has 0 saturated heterocycles. The summed E-state index contributed by atoms with van der Waals surface area (Å²) in [5.41, 5.74) is 5.38. The van der Waals surface area contributed by atoms with Gasteiger partial charge in [-0.2, -0.15) is 0 Å². The van der Waals surface area contributed by atoms with Gasteiger partial charge >= 0.3 is 6.09 Å². The van der Waals surface area contributed by atoms with Crippen molar-refractivity contribution in [3.63, 3.8) is 0 Å². The van der Waals surface area contributed by atoms with Crippen LogP contribution in [0.5, 0.6) is 0 Å². The molecule has 1 amide bonds. The zero-order valence-corrected chi connectivity index (χ0v) is 10.7. The molecule has 2 atom stereocenters. The summed E-state index contributed by atoms with van der Waals surface area (Å²) in [6, 6.07) is 5.75. The van der Waals surface area contributed by atoms with Crippen LogP contribution in [-0.4, -0.2) is 30.2 Å². The third-order valence-corrected chi connectivity index (χ3v) is 2.57. The van der Waals surface area contributed by atoms with Gasteiger partial charge in [-0.05, 0) is 29.8 Å². The fraction of sp³-hybridized carbons (Fsp3) is 0.364. The number of halogens is 2. The Bertz CT molecular complexity index is 420. The van der Waals surface area contributed by atoms with Gasteiger partial charge in [0.1, 0.15) is 12.4 Å². The van der Waals surface area contributed by atoms with Gasteiger partial charge in [0.15, 0.2) is 6.35 Å². The molecule has 8 heteroatoms. The van der Waals surface area contributed by atoms with Crippen molar-refractivity contribution in [1.82, 2.24) is 10.2 Å². The molecule has 106 valence electrons. The highest BCUT2D eigenvalue weighted by molar-refractivity contribution is 6.13. The minimum Gasteiger partial charge on any atom is -0.448 e. The third kappa shape index (κ3) is 5.84. The summed E-state index contributed by atoms with van der Waals surface area (Å²) >= 11 is 5.50. The third-order valence-electron chi connectivity index (χ3n) is 2.26. The van der Waals surface area contributed by atoms with Gasteiger partial charge < -0.3 is 9.84 Å². The molecule has 1 rings (SSSR count). The summed E-state index contributed by atoms with van der Waals surface area (Å²) in [4.78, 5) is 13.5. The molecule has 0 bridgehead atoms. The van der Waals surface area contributed by atoms with Crippen molar-refractivity contribution in [1.29, 1.82) is 0 Å². The van der Waals surface area contributed by atoms with Crippen LogP contribution in [0.4, 0.5) is 9.18 Å². The Kier molecular flexibility index (Phi) is 6.51. The molecule has 1 aromatic carbocycles. The lowest BCUT2D eigenvalue weighted by atomic mass is 10.1. The van der Waals surface area contributed by atoms with Crippen LogP contribution in [-0.2, 0) is 11.2 Å². The van der Waals surface area contributed by atoms with Crippen molar-refractivity contribution in [2.75, 3.05) is 6.61 Å². The van der Waals surface area contributed by atoms with Gasteiger partial charge in [-0.1, -0.05) is 18.2 Å². The number of hydrogen-bond donors (Lipinski definition) is 4. The maximum absolute atomic E-state index is 13.4. The molecule has 0 radical (unpaired) electrons. The Morgan fingerprint density at radius 1 is 1.53 bits per heavy atom. The Balaban J connectivity index is 2.46. The molecule has 19 heavy (non-hydrogen) atoms. The lowest BCUT2D eigenvalue weighted by molar-refractivity contribution is 0.0971. The number of aliphatic hydroxyl groups is 1. The van der Waals surface area contributed by atoms with E-state index in [9.17, 15) is 9.18 Å². The van der Waals surface area contributed by atoms with Crippen LogP contribution in [0.1, 0.15) is 5.56 Å². The van der Waals surface area contributed by atoms with Crippen molar-refractivity contribution in [2.45, 2.75) is 18.8 Å². The van der Waals surface area contributed by atoms with Crippen LogP contribution >= 0.6 is 11.8 Å². The SMILES string of the molecule is NC(O)NC(=O)OCC(Cc1ccccc1F)NCl. The van der Waals surface area contributed by atoms with Gasteiger partial charge in [0.05, 0.1) is 6.04 Å². The molecule has 0 spiro atoms. The molecule has 0 aliphatic rings. The van der Waals surface area contributed by atoms with Crippen LogP contribution in [0.2, 0.25) is 0 Å². The van der Waals surface area contributed by atoms with Crippen molar-refractivity contribution < 1.29 is 19.0 Å². The Morgan fingerprint density at radius 2 is 2.21 bits per heavy atom. The number of aliphatic hydroxyl groups excluding tert-OH is 1. The van der Waals surface area contributed by atoms with Crippen molar-refractivity contribution >= 4 is 17.9 Å². The number of amides is 1. The Morgan fingerprint density at radius 3 is 2.79 bits per heavy atom. The summed E-state index contributed by atoms with van der Waals surface area (Å²) in [5.74, 6) is -0.360. The second-order valence-electron chi connectivity index (χ2n) is 3.79. The molecule has 1 aromatic rings. The second-order valence-corrected chi connectivity index (χ2v) is 4.01. The fourth-order valence-corrected chi connectivity index (χ4v) is 1.54. The summed E-state index contributed by atoms with van der Waals surface area (Å²) in [6.45, 7) is -0.101. The van der Waals surface area contributed by atoms with Gasteiger partial charge in [-0.25, -0.2) is 14.0 Å². The van der Waals surface area contributed by atoms with E-state index in [1.165, 1.54) is 6.07 Å². The number of hydrogen-bond acceptors (Lipinski definition) is 5. The molecule has 0 aliphatic carbocycles. The van der Waals surface area contributed by atoms with Gasteiger partial charge in [0.2, 0.25) is 0 Å². The second kappa shape index (κ2) is 7.90. The number of carbonyl (C=O) groups excluding carboxylic acids is 1. The van der Waals surface area contributed by atoms with E-state index in [0.717, 1.165) is 0 Å². The molecule has 0 fully saturated rings. The van der Waals surface area contributed by atoms with E-state index in [-0.39, 0.29) is 18.8 Å². The first-order valence-corrected chi connectivity index (χ1v) is 5.87. The van der Waals surface area contributed by atoms with E-state index in [1.807, 2.05) is 5.32 Å². The van der Waals surface area contributed by atoms with Gasteiger partial charge in [-0.3, -0.25) is 11.1 Å². The van der Waals surface area contributed by atoms with E-state index in [0.29, 0.717) is 5.56 Å². The van der Waals surface area contributed by atoms with Crippen LogP contribution in [0.25, 0.3) is 0 Å². The monoisotopic (exact) mass is 291 g/mol. The Hall–Kier alpha value is -1.41. The molecule has 0 heterocycles. The van der Waals surface area contributed by atoms with E-state index in [1.54, 1.807) is 18.2 Å². The zero-order chi connectivity index (χ0) is 14.3. The standard InChI is InChI=1S/C11H15ClFN3O3/c12-16-8(6-19-11(18)15-10(14)17)5-7-3-1-2-4-9(7)13/h1-4,8,10,16-17H,5-6,14H2,(H,15,18). The molecule has 0 saturated carbocycles. The molecule has 5 N–H and O–H groups in total. The Labute approximate surface area is 114 Å². The van der Waals surface area contributed by atoms with E-state index < -0.39 is 18.5 Å². The van der Waals surface area contributed by atoms with Crippen LogP contribution in [0, 0.1) is 5.82 Å². The molecule has 0 aromatic heterocycles. The summed E-state index contributed by atoms with van der Waals surface area (Å²) in [7, 11) is 0. The largest absolute Gasteiger partial charge is 0.448 e. The molecule has 6 nitrogen and oxygen atoms in total. The highest BCUT2D eigenvalue weighted by atomic mass is 35.5. The zero-order valence-electron chi connectivity index (χ0n) is 9.98. The lowest BCUT2D eigenvalue weighted by Gasteiger charge is -2.16. The average Bonchev–Trinajstić information content (AvgIpc) is 2.35. The van der Waals surface area contributed by atoms with E-state index in [2.05, 4.69) is 4.84 Å². The summed E-state index contributed by atoms with van der Waals surface area (Å²) in [5, 5.41) is 10.6. The smallest absolute Gasteiger partial charge is 0.410 e. The number of alkyl carbamates (subject to hydrolysis) is 1. The number of nitrogens with one attached hydrogen (secondary N) is 2. The van der Waals surface area contributed by atoms with Crippen LogP contribution < -0.4 is 15.9 Å². The molecule has 0 aliphatic heterocycles. The van der Waals surface area contributed by atoms with Gasteiger partial charge in [-0.15, -0.1) is 0 Å². The normalized spacial score (nSPS) is 13.7. The van der Waals surface area contributed by atoms with Crippen molar-refractivity contribution in [2.24, 2.45) is 5.73 Å². The first kappa shape index (κ1) is 15.6. The van der Waals surface area contributed by atoms with E-state index in [4.69, 9.17) is 27.4 Å². The fourth-order valence-electron chi connectivity index (χ4n) is 1.40. The highest BCUT2D eigenvalue weighted by Crippen LogP contribution is 2.09. The summed E-state index contributed by atoms with van der Waals surface area (Å²) < 4.78 is 18.2. The van der Waals surface area contributed by atoms with Gasteiger partial charge in [0, 0.05) is 0 Å². The van der Waals surface area contributed by atoms with Crippen LogP contribution in [0.3, 0.4) is 0 Å². The topological polar surface area (TPSA) is 96.6 Å². The van der Waals surface area contributed by atoms with E-state index >= 15 is 0 Å². The van der Waals surface area contributed by atoms with Crippen molar-refractivity contribution in [3.05, 3.63) is 35.6 Å². The maximum atomic E-state index is 13.4. The number of nitrogens with two attached hydrogens (primary N) is 1. The number of ether oxygens (including phenoxy) is 1. The average molecular weight is 292 g/mol. The molecular formula is C11H15ClFN3O3. The highest BCUT2D eigenvalue weighted by Gasteiger charge is 2.14. The van der Waals surface area contributed by atoms with Crippen molar-refractivity contribution in [3.8, 4) is 0 Å². The molecule has 2 unspecified atom stereocenters.